The molecule has 0 amide bonds. The van der Waals surface area contributed by atoms with Crippen LogP contribution in [0.4, 0.5) is 0 Å². The first-order valence-electron chi connectivity index (χ1n) is 7.64. The molecule has 0 bridgehead atoms. The average Bonchev–Trinajstić information content (AvgIpc) is 3.06. The van der Waals surface area contributed by atoms with E-state index in [1.807, 2.05) is 42.1 Å². The fourth-order valence-corrected chi connectivity index (χ4v) is 3.79. The summed E-state index contributed by atoms with van der Waals surface area (Å²) in [7, 11) is 1.44. The molecule has 0 radical (unpaired) electrons. The monoisotopic (exact) mass is 332 g/mol. The van der Waals surface area contributed by atoms with Crippen LogP contribution in [0.15, 0.2) is 41.0 Å². The fourth-order valence-electron chi connectivity index (χ4n) is 2.66. The van der Waals surface area contributed by atoms with E-state index in [0.717, 1.165) is 29.3 Å². The fraction of sp³-hybridized carbons (Fsp3) is 0.412. The summed E-state index contributed by atoms with van der Waals surface area (Å²) >= 11 is 1.88. The lowest BCUT2D eigenvalue weighted by Gasteiger charge is -2.34. The number of oxazole rings is 1. The van der Waals surface area contributed by atoms with Crippen molar-refractivity contribution in [2.24, 2.45) is 0 Å². The minimum absolute atomic E-state index is 0.160. The smallest absolute Gasteiger partial charge is 0.307 e. The Hall–Kier alpha value is -1.79. The van der Waals surface area contributed by atoms with Crippen LogP contribution in [0.5, 0.6) is 0 Å². The SMILES string of the molecule is COC(=O)C[C@@H]1CSCCN1Cc1coc(-c2ccccc2)n1. The van der Waals surface area contributed by atoms with Gasteiger partial charge in [0.05, 0.1) is 19.2 Å². The van der Waals surface area contributed by atoms with Gasteiger partial charge >= 0.3 is 5.97 Å². The van der Waals surface area contributed by atoms with Crippen molar-refractivity contribution in [3.63, 3.8) is 0 Å². The number of methoxy groups -OCH3 is 1. The summed E-state index contributed by atoms with van der Waals surface area (Å²) in [6.07, 6.45) is 2.13. The van der Waals surface area contributed by atoms with E-state index in [1.165, 1.54) is 7.11 Å². The van der Waals surface area contributed by atoms with Crippen LogP contribution in [-0.4, -0.2) is 47.1 Å². The van der Waals surface area contributed by atoms with Gasteiger partial charge in [0.1, 0.15) is 6.26 Å². The van der Waals surface area contributed by atoms with Crippen molar-refractivity contribution in [2.75, 3.05) is 25.2 Å². The number of benzene rings is 1. The van der Waals surface area contributed by atoms with Gasteiger partial charge in [0.2, 0.25) is 5.89 Å². The predicted octanol–water partition coefficient (Wildman–Crippen LogP) is 2.82. The van der Waals surface area contributed by atoms with Crippen LogP contribution in [0.3, 0.4) is 0 Å². The Balaban J connectivity index is 1.68. The van der Waals surface area contributed by atoms with Crippen LogP contribution < -0.4 is 0 Å². The third-order valence-electron chi connectivity index (χ3n) is 3.92. The van der Waals surface area contributed by atoms with Crippen molar-refractivity contribution < 1.29 is 13.9 Å². The molecule has 2 aromatic rings. The molecule has 1 aromatic heterocycles. The van der Waals surface area contributed by atoms with Crippen molar-refractivity contribution in [3.8, 4) is 11.5 Å². The lowest BCUT2D eigenvalue weighted by Crippen LogP contribution is -2.43. The Morgan fingerprint density at radius 3 is 3.04 bits per heavy atom. The molecule has 0 saturated carbocycles. The second-order valence-corrected chi connectivity index (χ2v) is 6.64. The van der Waals surface area contributed by atoms with Gasteiger partial charge in [0, 0.05) is 36.2 Å². The number of hydrogen-bond acceptors (Lipinski definition) is 6. The Bertz CT molecular complexity index is 644. The van der Waals surface area contributed by atoms with Crippen LogP contribution in [0.25, 0.3) is 11.5 Å². The Morgan fingerprint density at radius 1 is 1.43 bits per heavy atom. The first kappa shape index (κ1) is 16.1. The molecular formula is C17H20N2O3S. The molecule has 0 aliphatic carbocycles. The maximum absolute atomic E-state index is 11.6. The van der Waals surface area contributed by atoms with E-state index in [1.54, 1.807) is 6.26 Å². The van der Waals surface area contributed by atoms with Crippen LogP contribution in [-0.2, 0) is 16.1 Å². The Labute approximate surface area is 140 Å². The van der Waals surface area contributed by atoms with Gasteiger partial charge in [-0.3, -0.25) is 9.69 Å². The van der Waals surface area contributed by atoms with Crippen LogP contribution in [0.1, 0.15) is 12.1 Å². The van der Waals surface area contributed by atoms with Crippen molar-refractivity contribution >= 4 is 17.7 Å². The number of aromatic nitrogens is 1. The molecule has 1 aliphatic heterocycles. The first-order valence-corrected chi connectivity index (χ1v) is 8.80. The number of carbonyl (C=O) groups is 1. The van der Waals surface area contributed by atoms with Crippen molar-refractivity contribution in [1.29, 1.82) is 0 Å². The number of ether oxygens (including phenoxy) is 1. The number of carbonyl (C=O) groups excluding carboxylic acids is 1. The zero-order valence-corrected chi connectivity index (χ0v) is 13.9. The highest BCUT2D eigenvalue weighted by Gasteiger charge is 2.26. The van der Waals surface area contributed by atoms with E-state index in [0.29, 0.717) is 18.9 Å². The Morgan fingerprint density at radius 2 is 2.26 bits per heavy atom. The van der Waals surface area contributed by atoms with E-state index in [2.05, 4.69) is 9.88 Å². The maximum Gasteiger partial charge on any atom is 0.307 e. The second-order valence-electron chi connectivity index (χ2n) is 5.49. The van der Waals surface area contributed by atoms with E-state index in [9.17, 15) is 4.79 Å². The standard InChI is InChI=1S/C17H20N2O3S/c1-21-16(20)9-15-12-23-8-7-19(15)10-14-11-22-17(18-14)13-5-3-2-4-6-13/h2-6,11,15H,7-10,12H2,1H3/t15-/m1/s1. The number of hydrogen-bond donors (Lipinski definition) is 0. The molecule has 1 saturated heterocycles. The predicted molar refractivity (Wildman–Crippen MR) is 90.1 cm³/mol. The summed E-state index contributed by atoms with van der Waals surface area (Å²) in [4.78, 5) is 18.4. The zero-order valence-electron chi connectivity index (χ0n) is 13.1. The van der Waals surface area contributed by atoms with E-state index >= 15 is 0 Å². The maximum atomic E-state index is 11.6. The first-order chi connectivity index (χ1) is 11.3. The summed E-state index contributed by atoms with van der Waals surface area (Å²) < 4.78 is 10.4. The highest BCUT2D eigenvalue weighted by atomic mass is 32.2. The van der Waals surface area contributed by atoms with Gasteiger partial charge in [-0.15, -0.1) is 0 Å². The molecule has 1 atom stereocenters. The highest BCUT2D eigenvalue weighted by molar-refractivity contribution is 7.99. The molecular weight excluding hydrogens is 312 g/mol. The zero-order chi connectivity index (χ0) is 16.1. The van der Waals surface area contributed by atoms with Crippen molar-refractivity contribution in [3.05, 3.63) is 42.3 Å². The molecule has 5 nitrogen and oxygen atoms in total. The third kappa shape index (κ3) is 4.14. The summed E-state index contributed by atoms with van der Waals surface area (Å²) in [6, 6.07) is 10.1. The number of esters is 1. The number of nitrogens with zero attached hydrogens (tertiary/aromatic N) is 2. The largest absolute Gasteiger partial charge is 0.469 e. The third-order valence-corrected chi connectivity index (χ3v) is 5.01. The summed E-state index contributed by atoms with van der Waals surface area (Å²) in [5.74, 6) is 2.49. The molecule has 122 valence electrons. The molecule has 0 N–H and O–H groups in total. The topological polar surface area (TPSA) is 55.6 Å². The molecule has 0 spiro atoms. The van der Waals surface area contributed by atoms with E-state index in [4.69, 9.17) is 9.15 Å². The van der Waals surface area contributed by atoms with Gasteiger partial charge in [-0.05, 0) is 12.1 Å². The minimum atomic E-state index is -0.160. The number of thioether (sulfide) groups is 1. The highest BCUT2D eigenvalue weighted by Crippen LogP contribution is 2.23. The molecule has 3 rings (SSSR count). The van der Waals surface area contributed by atoms with E-state index < -0.39 is 0 Å². The van der Waals surface area contributed by atoms with Gasteiger partial charge in [-0.2, -0.15) is 11.8 Å². The minimum Gasteiger partial charge on any atom is -0.469 e. The normalized spacial score (nSPS) is 18.7. The van der Waals surface area contributed by atoms with Crippen molar-refractivity contribution in [2.45, 2.75) is 19.0 Å². The van der Waals surface area contributed by atoms with Crippen LogP contribution >= 0.6 is 11.8 Å². The van der Waals surface area contributed by atoms with Gasteiger partial charge < -0.3 is 9.15 Å². The summed E-state index contributed by atoms with van der Waals surface area (Å²) in [5.41, 5.74) is 1.87. The second kappa shape index (κ2) is 7.66. The Kier molecular flexibility index (Phi) is 5.35. The van der Waals surface area contributed by atoms with Crippen LogP contribution in [0.2, 0.25) is 0 Å². The van der Waals surface area contributed by atoms with Gasteiger partial charge in [-0.25, -0.2) is 4.98 Å². The molecule has 0 unspecified atom stereocenters. The summed E-state index contributed by atoms with van der Waals surface area (Å²) in [5, 5.41) is 0. The van der Waals surface area contributed by atoms with Gasteiger partial charge in [0.25, 0.3) is 0 Å². The van der Waals surface area contributed by atoms with E-state index in [-0.39, 0.29) is 12.0 Å². The lowest BCUT2D eigenvalue weighted by molar-refractivity contribution is -0.141. The lowest BCUT2D eigenvalue weighted by atomic mass is 10.2. The summed E-state index contributed by atoms with van der Waals surface area (Å²) in [6.45, 7) is 1.64. The van der Waals surface area contributed by atoms with Gasteiger partial charge in [0.15, 0.2) is 0 Å². The quantitative estimate of drug-likeness (QED) is 0.785. The molecule has 6 heteroatoms. The van der Waals surface area contributed by atoms with Gasteiger partial charge in [-0.1, -0.05) is 18.2 Å². The molecule has 1 aliphatic rings. The average molecular weight is 332 g/mol. The molecule has 23 heavy (non-hydrogen) atoms. The van der Waals surface area contributed by atoms with Crippen LogP contribution in [0, 0.1) is 0 Å². The number of rotatable bonds is 5. The molecule has 1 aromatic carbocycles. The molecule has 1 fully saturated rings. The van der Waals surface area contributed by atoms with Crippen molar-refractivity contribution in [1.82, 2.24) is 9.88 Å². The molecule has 2 heterocycles.